The molecule has 0 aliphatic rings. The Morgan fingerprint density at radius 1 is 0.958 bits per heavy atom. The second-order valence-electron chi connectivity index (χ2n) is 5.51. The predicted molar refractivity (Wildman–Crippen MR) is 86.6 cm³/mol. The largest absolute Gasteiger partial charge is 0.416 e. The van der Waals surface area contributed by atoms with Crippen LogP contribution in [0.15, 0.2) is 59.4 Å². The van der Waals surface area contributed by atoms with E-state index in [-0.39, 0.29) is 18.6 Å². The van der Waals surface area contributed by atoms with Crippen molar-refractivity contribution in [2.75, 3.05) is 0 Å². The smallest absolute Gasteiger partial charge is 0.322 e. The summed E-state index contributed by atoms with van der Waals surface area (Å²) in [6, 6.07) is 14.3. The minimum absolute atomic E-state index is 0.203. The highest BCUT2D eigenvalue weighted by Crippen LogP contribution is 2.29. The lowest BCUT2D eigenvalue weighted by atomic mass is 10.1. The van der Waals surface area contributed by atoms with Gasteiger partial charge in [0, 0.05) is 24.2 Å². The van der Waals surface area contributed by atoms with Crippen LogP contribution >= 0.6 is 0 Å². The third kappa shape index (κ3) is 3.65. The molecule has 124 valence electrons. The van der Waals surface area contributed by atoms with Crippen LogP contribution < -0.4 is 10.9 Å². The molecule has 0 spiro atoms. The van der Waals surface area contributed by atoms with Crippen molar-refractivity contribution in [1.29, 1.82) is 0 Å². The molecule has 0 saturated carbocycles. The van der Waals surface area contributed by atoms with Gasteiger partial charge >= 0.3 is 6.18 Å². The molecule has 6 heteroatoms. The zero-order valence-electron chi connectivity index (χ0n) is 12.7. The van der Waals surface area contributed by atoms with E-state index in [2.05, 4.69) is 10.3 Å². The quantitative estimate of drug-likeness (QED) is 0.762. The fourth-order valence-corrected chi connectivity index (χ4v) is 2.52. The number of benzene rings is 2. The summed E-state index contributed by atoms with van der Waals surface area (Å²) in [5.74, 6) is 0. The number of fused-ring (bicyclic) bond motifs is 1. The normalized spacial score (nSPS) is 11.8. The second kappa shape index (κ2) is 6.49. The van der Waals surface area contributed by atoms with Crippen LogP contribution in [0.3, 0.4) is 0 Å². The number of nitrogens with one attached hydrogen (secondary N) is 2. The van der Waals surface area contributed by atoms with E-state index in [0.29, 0.717) is 11.1 Å². The first-order valence-corrected chi connectivity index (χ1v) is 7.41. The topological polar surface area (TPSA) is 44.9 Å². The summed E-state index contributed by atoms with van der Waals surface area (Å²) in [5, 5.41) is 3.92. The summed E-state index contributed by atoms with van der Waals surface area (Å²) in [6.45, 7) is 0.520. The lowest BCUT2D eigenvalue weighted by Crippen LogP contribution is -2.21. The Kier molecular flexibility index (Phi) is 4.40. The fraction of sp³-hybridized carbons (Fsp3) is 0.167. The van der Waals surface area contributed by atoms with E-state index in [0.717, 1.165) is 23.0 Å². The number of aromatic amines is 1. The van der Waals surface area contributed by atoms with Crippen LogP contribution in [0.2, 0.25) is 0 Å². The minimum Gasteiger partial charge on any atom is -0.322 e. The molecule has 0 amide bonds. The number of halogens is 3. The Morgan fingerprint density at radius 2 is 1.75 bits per heavy atom. The summed E-state index contributed by atoms with van der Waals surface area (Å²) in [6.07, 6.45) is -4.36. The molecule has 0 fully saturated rings. The van der Waals surface area contributed by atoms with Gasteiger partial charge in [0.25, 0.3) is 5.56 Å². The van der Waals surface area contributed by atoms with Crippen LogP contribution in [-0.2, 0) is 19.3 Å². The Balaban J connectivity index is 1.71. The molecule has 0 atom stereocenters. The molecule has 0 aliphatic heterocycles. The molecule has 1 aromatic heterocycles. The van der Waals surface area contributed by atoms with Crippen LogP contribution in [0, 0.1) is 0 Å². The molecule has 1 heterocycles. The number of alkyl halides is 3. The fourth-order valence-electron chi connectivity index (χ4n) is 2.52. The SMILES string of the molecule is O=c1[nH]c2ccccc2cc1CNCc1cccc(C(F)(F)F)c1. The van der Waals surface area contributed by atoms with Gasteiger partial charge in [-0.25, -0.2) is 0 Å². The number of para-hydroxylation sites is 1. The highest BCUT2D eigenvalue weighted by Gasteiger charge is 2.30. The highest BCUT2D eigenvalue weighted by molar-refractivity contribution is 5.78. The molecule has 2 N–H and O–H groups in total. The first-order chi connectivity index (χ1) is 11.4. The average molecular weight is 332 g/mol. The van der Waals surface area contributed by atoms with E-state index in [1.54, 1.807) is 12.1 Å². The molecule has 3 rings (SSSR count). The van der Waals surface area contributed by atoms with Crippen LogP contribution in [0.1, 0.15) is 16.7 Å². The number of hydrogen-bond donors (Lipinski definition) is 2. The van der Waals surface area contributed by atoms with E-state index < -0.39 is 11.7 Å². The minimum atomic E-state index is -4.36. The first kappa shape index (κ1) is 16.3. The maximum atomic E-state index is 12.7. The van der Waals surface area contributed by atoms with Crippen molar-refractivity contribution in [2.24, 2.45) is 0 Å². The Labute approximate surface area is 136 Å². The number of pyridine rings is 1. The van der Waals surface area contributed by atoms with Gasteiger partial charge in [0.1, 0.15) is 0 Å². The molecule has 0 bridgehead atoms. The standard InChI is InChI=1S/C18H15F3N2O/c19-18(20,21)15-6-3-4-12(8-15)10-22-11-14-9-13-5-1-2-7-16(13)23-17(14)24/h1-9,22H,10-11H2,(H,23,24). The molecule has 0 aliphatic carbocycles. The number of rotatable bonds is 4. The molecule has 0 radical (unpaired) electrons. The summed E-state index contributed by atoms with van der Waals surface area (Å²) >= 11 is 0. The van der Waals surface area contributed by atoms with Gasteiger partial charge < -0.3 is 10.3 Å². The molecule has 24 heavy (non-hydrogen) atoms. The van der Waals surface area contributed by atoms with Gasteiger partial charge in [-0.15, -0.1) is 0 Å². The maximum absolute atomic E-state index is 12.7. The summed E-state index contributed by atoms with van der Waals surface area (Å²) in [4.78, 5) is 14.8. The second-order valence-corrected chi connectivity index (χ2v) is 5.51. The Morgan fingerprint density at radius 3 is 2.54 bits per heavy atom. The van der Waals surface area contributed by atoms with Gasteiger partial charge in [0.05, 0.1) is 5.56 Å². The van der Waals surface area contributed by atoms with E-state index in [1.807, 2.05) is 24.3 Å². The molecule has 3 aromatic rings. The average Bonchev–Trinajstić information content (AvgIpc) is 2.55. The van der Waals surface area contributed by atoms with Crippen molar-refractivity contribution in [1.82, 2.24) is 10.3 Å². The van der Waals surface area contributed by atoms with Crippen molar-refractivity contribution >= 4 is 10.9 Å². The number of H-pyrrole nitrogens is 1. The van der Waals surface area contributed by atoms with E-state index in [4.69, 9.17) is 0 Å². The summed E-state index contributed by atoms with van der Waals surface area (Å²) < 4.78 is 38.1. The predicted octanol–water partition coefficient (Wildman–Crippen LogP) is 3.84. The monoisotopic (exact) mass is 332 g/mol. The van der Waals surface area contributed by atoms with Crippen molar-refractivity contribution in [3.05, 3.63) is 81.6 Å². The molecule has 0 saturated heterocycles. The Bertz CT molecular complexity index is 916. The van der Waals surface area contributed by atoms with E-state index >= 15 is 0 Å². The maximum Gasteiger partial charge on any atom is 0.416 e. The molecular weight excluding hydrogens is 317 g/mol. The van der Waals surface area contributed by atoms with Crippen LogP contribution in [0.25, 0.3) is 10.9 Å². The van der Waals surface area contributed by atoms with Gasteiger partial charge in [-0.05, 0) is 29.1 Å². The molecule has 2 aromatic carbocycles. The van der Waals surface area contributed by atoms with Crippen molar-refractivity contribution < 1.29 is 13.2 Å². The van der Waals surface area contributed by atoms with Gasteiger partial charge in [0.2, 0.25) is 0 Å². The Hall–Kier alpha value is -2.60. The van der Waals surface area contributed by atoms with Crippen LogP contribution in [0.4, 0.5) is 13.2 Å². The number of hydrogen-bond acceptors (Lipinski definition) is 2. The lowest BCUT2D eigenvalue weighted by Gasteiger charge is -2.10. The van der Waals surface area contributed by atoms with Gasteiger partial charge in [-0.2, -0.15) is 13.2 Å². The van der Waals surface area contributed by atoms with Crippen LogP contribution in [-0.4, -0.2) is 4.98 Å². The number of aromatic nitrogens is 1. The molecular formula is C18H15F3N2O. The molecule has 3 nitrogen and oxygen atoms in total. The van der Waals surface area contributed by atoms with Crippen molar-refractivity contribution in [3.63, 3.8) is 0 Å². The third-order valence-corrected chi connectivity index (χ3v) is 3.73. The van der Waals surface area contributed by atoms with Crippen LogP contribution in [0.5, 0.6) is 0 Å². The van der Waals surface area contributed by atoms with Crippen molar-refractivity contribution in [3.8, 4) is 0 Å². The highest BCUT2D eigenvalue weighted by atomic mass is 19.4. The van der Waals surface area contributed by atoms with Gasteiger partial charge in [0.15, 0.2) is 0 Å². The zero-order valence-corrected chi connectivity index (χ0v) is 12.7. The van der Waals surface area contributed by atoms with Gasteiger partial charge in [-0.1, -0.05) is 36.4 Å². The third-order valence-electron chi connectivity index (χ3n) is 3.73. The summed E-state index contributed by atoms with van der Waals surface area (Å²) in [5.41, 5.74) is 0.933. The van der Waals surface area contributed by atoms with E-state index in [1.165, 1.54) is 6.07 Å². The van der Waals surface area contributed by atoms with Gasteiger partial charge in [-0.3, -0.25) is 4.79 Å². The zero-order chi connectivity index (χ0) is 17.2. The van der Waals surface area contributed by atoms with Crippen molar-refractivity contribution in [2.45, 2.75) is 19.3 Å². The van der Waals surface area contributed by atoms with E-state index in [9.17, 15) is 18.0 Å². The lowest BCUT2D eigenvalue weighted by molar-refractivity contribution is -0.137. The first-order valence-electron chi connectivity index (χ1n) is 7.41. The molecule has 0 unspecified atom stereocenters. The summed E-state index contributed by atoms with van der Waals surface area (Å²) in [7, 11) is 0.